The Kier molecular flexibility index (Phi) is 4.40. The van der Waals surface area contributed by atoms with Crippen LogP contribution >= 0.6 is 11.3 Å². The minimum atomic E-state index is -0.631. The Balaban J connectivity index is 1.58. The third-order valence-electron chi connectivity index (χ3n) is 5.00. The van der Waals surface area contributed by atoms with Crippen LogP contribution in [0.1, 0.15) is 38.7 Å². The van der Waals surface area contributed by atoms with Gasteiger partial charge in [-0.15, -0.1) is 11.3 Å². The van der Waals surface area contributed by atoms with Gasteiger partial charge in [-0.3, -0.25) is 19.7 Å². The van der Waals surface area contributed by atoms with Crippen LogP contribution in [0.25, 0.3) is 10.2 Å². The van der Waals surface area contributed by atoms with Crippen LogP contribution in [-0.4, -0.2) is 40.3 Å². The van der Waals surface area contributed by atoms with Gasteiger partial charge >= 0.3 is 0 Å². The van der Waals surface area contributed by atoms with Gasteiger partial charge in [0.25, 0.3) is 17.5 Å². The minimum absolute atomic E-state index is 0.0586. The second-order valence-corrected chi connectivity index (χ2v) is 7.80. The molecule has 1 aliphatic rings. The van der Waals surface area contributed by atoms with Crippen molar-refractivity contribution >= 4 is 39.1 Å². The molecule has 142 valence electrons. The summed E-state index contributed by atoms with van der Waals surface area (Å²) in [7, 11) is 1.87. The van der Waals surface area contributed by atoms with Crippen LogP contribution in [-0.2, 0) is 0 Å². The Labute approximate surface area is 164 Å². The third kappa shape index (κ3) is 2.85. The van der Waals surface area contributed by atoms with Crippen molar-refractivity contribution in [3.63, 3.8) is 0 Å². The summed E-state index contributed by atoms with van der Waals surface area (Å²) in [6.45, 7) is 2.08. The fourth-order valence-electron chi connectivity index (χ4n) is 3.28. The average Bonchev–Trinajstić information content (AvgIpc) is 3.22. The Morgan fingerprint density at radius 3 is 2.64 bits per heavy atom. The second kappa shape index (κ2) is 6.77. The van der Waals surface area contributed by atoms with Gasteiger partial charge in [0.15, 0.2) is 11.7 Å². The number of fused-ring (bicyclic) bond motifs is 2. The maximum atomic E-state index is 12.7. The molecule has 1 aromatic heterocycles. The molecule has 28 heavy (non-hydrogen) atoms. The van der Waals surface area contributed by atoms with E-state index in [1.807, 2.05) is 38.2 Å². The lowest BCUT2D eigenvalue weighted by Crippen LogP contribution is -3.10. The molecule has 1 aliphatic heterocycles. The molecule has 3 aromatic rings. The first kappa shape index (κ1) is 18.2. The number of nitro benzene ring substituents is 1. The first-order valence-electron chi connectivity index (χ1n) is 8.70. The van der Waals surface area contributed by atoms with Crippen LogP contribution in [0.3, 0.4) is 0 Å². The predicted octanol–water partition coefficient (Wildman–Crippen LogP) is 2.03. The lowest BCUT2D eigenvalue weighted by molar-refractivity contribution is -0.917. The number of hydrogen-bond acceptors (Lipinski definition) is 6. The number of amides is 2. The predicted molar refractivity (Wildman–Crippen MR) is 103 cm³/mol. The van der Waals surface area contributed by atoms with Gasteiger partial charge in [-0.25, -0.2) is 9.88 Å². The molecule has 8 nitrogen and oxygen atoms in total. The zero-order valence-electron chi connectivity index (χ0n) is 15.2. The summed E-state index contributed by atoms with van der Waals surface area (Å²) in [6.07, 6.45) is 0. The summed E-state index contributed by atoms with van der Waals surface area (Å²) in [5.74, 6) is -1.12. The van der Waals surface area contributed by atoms with Crippen molar-refractivity contribution in [1.29, 1.82) is 0 Å². The van der Waals surface area contributed by atoms with Crippen LogP contribution in [0.2, 0.25) is 0 Å². The maximum Gasteiger partial charge on any atom is 0.282 e. The topological polar surface area (TPSA) is 97.8 Å². The number of carbonyl (C=O) groups is 2. The van der Waals surface area contributed by atoms with Gasteiger partial charge in [0, 0.05) is 6.07 Å². The van der Waals surface area contributed by atoms with E-state index in [-0.39, 0.29) is 29.5 Å². The molecule has 0 fully saturated rings. The number of imide groups is 1. The SMILES string of the molecule is C[C@H](c1nc2ccccc2s1)[NH+](C)CN1C(=O)c2cccc([N+](=O)[O-])c2C1=O. The molecule has 4 rings (SSSR count). The number of quaternary nitrogens is 1. The fourth-order valence-corrected chi connectivity index (χ4v) is 4.40. The monoisotopic (exact) mass is 397 g/mol. The molecule has 0 spiro atoms. The molecular formula is C19H17N4O4S+. The summed E-state index contributed by atoms with van der Waals surface area (Å²) in [4.78, 5) is 42.6. The highest BCUT2D eigenvalue weighted by Gasteiger charge is 2.42. The molecule has 2 heterocycles. The smallest absolute Gasteiger partial charge is 0.282 e. The van der Waals surface area contributed by atoms with Gasteiger partial charge in [-0.05, 0) is 25.1 Å². The van der Waals surface area contributed by atoms with Crippen LogP contribution in [0.5, 0.6) is 0 Å². The number of carbonyl (C=O) groups excluding carboxylic acids is 2. The molecule has 0 bridgehead atoms. The van der Waals surface area contributed by atoms with E-state index >= 15 is 0 Å². The molecule has 1 unspecified atom stereocenters. The van der Waals surface area contributed by atoms with E-state index in [9.17, 15) is 19.7 Å². The average molecular weight is 397 g/mol. The molecule has 0 aliphatic carbocycles. The van der Waals surface area contributed by atoms with Crippen LogP contribution < -0.4 is 4.90 Å². The van der Waals surface area contributed by atoms with Crippen molar-refractivity contribution in [2.45, 2.75) is 13.0 Å². The van der Waals surface area contributed by atoms with Gasteiger partial charge in [0.1, 0.15) is 11.6 Å². The molecule has 2 amide bonds. The van der Waals surface area contributed by atoms with E-state index < -0.39 is 16.7 Å². The zero-order valence-corrected chi connectivity index (χ0v) is 16.0. The van der Waals surface area contributed by atoms with E-state index in [1.165, 1.54) is 18.2 Å². The van der Waals surface area contributed by atoms with Crippen molar-refractivity contribution in [1.82, 2.24) is 9.88 Å². The maximum absolute atomic E-state index is 12.7. The lowest BCUT2D eigenvalue weighted by atomic mass is 10.1. The van der Waals surface area contributed by atoms with Crippen molar-refractivity contribution in [2.24, 2.45) is 0 Å². The number of hydrogen-bond donors (Lipinski definition) is 1. The third-order valence-corrected chi connectivity index (χ3v) is 6.22. The van der Waals surface area contributed by atoms with Gasteiger partial charge in [0.05, 0.1) is 27.8 Å². The van der Waals surface area contributed by atoms with E-state index in [1.54, 1.807) is 11.3 Å². The van der Waals surface area contributed by atoms with Crippen molar-refractivity contribution in [2.75, 3.05) is 13.7 Å². The largest absolute Gasteiger partial charge is 0.312 e. The second-order valence-electron chi connectivity index (χ2n) is 6.74. The number of nitrogens with zero attached hydrogens (tertiary/aromatic N) is 3. The molecule has 9 heteroatoms. The van der Waals surface area contributed by atoms with E-state index in [4.69, 9.17) is 0 Å². The summed E-state index contributed by atoms with van der Waals surface area (Å²) in [5, 5.41) is 12.1. The first-order chi connectivity index (χ1) is 13.4. The molecule has 0 saturated heterocycles. The number of rotatable bonds is 5. The quantitative estimate of drug-likeness (QED) is 0.404. The van der Waals surface area contributed by atoms with Gasteiger partial charge in [-0.1, -0.05) is 18.2 Å². The van der Waals surface area contributed by atoms with Crippen LogP contribution in [0.15, 0.2) is 42.5 Å². The van der Waals surface area contributed by atoms with E-state index in [0.717, 1.165) is 25.0 Å². The Bertz CT molecular complexity index is 1090. The minimum Gasteiger partial charge on any atom is -0.312 e. The molecule has 2 atom stereocenters. The molecular weight excluding hydrogens is 380 g/mol. The summed E-state index contributed by atoms with van der Waals surface area (Å²) >= 11 is 1.58. The Morgan fingerprint density at radius 2 is 1.93 bits per heavy atom. The molecule has 0 saturated carbocycles. The number of aromatic nitrogens is 1. The number of benzene rings is 2. The lowest BCUT2D eigenvalue weighted by Gasteiger charge is -2.24. The van der Waals surface area contributed by atoms with Crippen LogP contribution in [0.4, 0.5) is 5.69 Å². The van der Waals surface area contributed by atoms with Crippen molar-refractivity contribution in [3.8, 4) is 0 Å². The Morgan fingerprint density at radius 1 is 1.18 bits per heavy atom. The van der Waals surface area contributed by atoms with Gasteiger partial charge in [0.2, 0.25) is 0 Å². The van der Waals surface area contributed by atoms with E-state index in [2.05, 4.69) is 4.98 Å². The number of nitrogens with one attached hydrogen (secondary N) is 1. The normalized spacial score (nSPS) is 15.7. The highest BCUT2D eigenvalue weighted by molar-refractivity contribution is 7.18. The Hall–Kier alpha value is -3.17. The molecule has 2 aromatic carbocycles. The fraction of sp³-hybridized carbons (Fsp3) is 0.211. The molecule has 0 radical (unpaired) electrons. The van der Waals surface area contributed by atoms with Gasteiger partial charge < -0.3 is 4.90 Å². The first-order valence-corrected chi connectivity index (χ1v) is 9.51. The summed E-state index contributed by atoms with van der Waals surface area (Å²) in [6, 6.07) is 11.9. The van der Waals surface area contributed by atoms with E-state index in [0.29, 0.717) is 0 Å². The standard InChI is InChI=1S/C19H16N4O4S/c1-11(17-20-13-7-3-4-9-15(13)28-17)21(2)10-22-18(24)12-6-5-8-14(23(26)27)16(12)19(22)25/h3-9,11H,10H2,1-2H3/p+1/t11-/m1/s1. The molecule has 1 N–H and O–H groups in total. The highest BCUT2D eigenvalue weighted by atomic mass is 32.1. The zero-order chi connectivity index (χ0) is 20.0. The summed E-state index contributed by atoms with van der Waals surface area (Å²) in [5.41, 5.74) is 0.534. The highest BCUT2D eigenvalue weighted by Crippen LogP contribution is 2.30. The number of para-hydroxylation sites is 1. The number of thiazole rings is 1. The van der Waals surface area contributed by atoms with Crippen molar-refractivity contribution in [3.05, 3.63) is 68.7 Å². The number of nitro groups is 1. The summed E-state index contributed by atoms with van der Waals surface area (Å²) < 4.78 is 1.08. The van der Waals surface area contributed by atoms with Crippen LogP contribution in [0, 0.1) is 10.1 Å². The van der Waals surface area contributed by atoms with Gasteiger partial charge in [-0.2, -0.15) is 0 Å². The van der Waals surface area contributed by atoms with Crippen molar-refractivity contribution < 1.29 is 19.4 Å².